The van der Waals surface area contributed by atoms with Gasteiger partial charge in [-0.3, -0.25) is 4.79 Å². The van der Waals surface area contributed by atoms with Gasteiger partial charge in [0, 0.05) is 5.69 Å². The topological polar surface area (TPSA) is 86.5 Å². The number of benzene rings is 2. The lowest BCUT2D eigenvalue weighted by Crippen LogP contribution is -2.13. The minimum Gasteiger partial charge on any atom is -0.494 e. The van der Waals surface area contributed by atoms with Crippen molar-refractivity contribution in [3.8, 4) is 11.5 Å². The molecule has 29 heavy (non-hydrogen) atoms. The summed E-state index contributed by atoms with van der Waals surface area (Å²) in [6, 6.07) is 15.1. The zero-order chi connectivity index (χ0) is 20.5. The van der Waals surface area contributed by atoms with E-state index in [4.69, 9.17) is 13.9 Å². The minimum atomic E-state index is -0.161. The number of thioether (sulfide) groups is 1. The first-order valence-corrected chi connectivity index (χ1v) is 10.3. The summed E-state index contributed by atoms with van der Waals surface area (Å²) in [5, 5.41) is 11.0. The summed E-state index contributed by atoms with van der Waals surface area (Å²) in [6.07, 6.45) is 0.983. The van der Waals surface area contributed by atoms with E-state index in [1.165, 1.54) is 17.3 Å². The number of hydrogen-bond donors (Lipinski definition) is 1. The van der Waals surface area contributed by atoms with E-state index in [1.54, 1.807) is 12.1 Å². The third kappa shape index (κ3) is 6.53. The Morgan fingerprint density at radius 1 is 1.00 bits per heavy atom. The third-order valence-corrected chi connectivity index (χ3v) is 4.74. The molecule has 3 aromatic rings. The van der Waals surface area contributed by atoms with Crippen molar-refractivity contribution < 1.29 is 18.7 Å². The van der Waals surface area contributed by atoms with Crippen LogP contribution in [0.1, 0.15) is 25.3 Å². The number of amides is 1. The molecule has 0 saturated heterocycles. The predicted molar refractivity (Wildman–Crippen MR) is 111 cm³/mol. The van der Waals surface area contributed by atoms with Gasteiger partial charge in [0.25, 0.3) is 11.1 Å². The summed E-state index contributed by atoms with van der Waals surface area (Å²) in [5.41, 5.74) is 1.95. The number of ether oxygens (including phenoxy) is 2. The molecule has 8 heteroatoms. The lowest BCUT2D eigenvalue weighted by atomic mass is 10.2. The van der Waals surface area contributed by atoms with Gasteiger partial charge in [-0.15, -0.1) is 10.2 Å². The van der Waals surface area contributed by atoms with Crippen molar-refractivity contribution in [1.29, 1.82) is 0 Å². The normalized spacial score (nSPS) is 10.6. The van der Waals surface area contributed by atoms with Crippen LogP contribution in [0.4, 0.5) is 5.69 Å². The van der Waals surface area contributed by atoms with Crippen LogP contribution in [0.3, 0.4) is 0 Å². The Bertz CT molecular complexity index is 910. The Kier molecular flexibility index (Phi) is 7.52. The molecule has 0 bridgehead atoms. The number of nitrogens with zero attached hydrogens (tertiary/aromatic N) is 2. The predicted octanol–water partition coefficient (Wildman–Crippen LogP) is 4.34. The summed E-state index contributed by atoms with van der Waals surface area (Å²) < 4.78 is 16.5. The second kappa shape index (κ2) is 10.5. The highest BCUT2D eigenvalue weighted by atomic mass is 32.2. The molecule has 0 spiro atoms. The van der Waals surface area contributed by atoms with Crippen molar-refractivity contribution in [3.63, 3.8) is 0 Å². The number of aromatic nitrogens is 2. The number of nitrogens with one attached hydrogen (secondary N) is 1. The Labute approximate surface area is 173 Å². The molecule has 0 aliphatic rings. The molecule has 1 N–H and O–H groups in total. The fourth-order valence-corrected chi connectivity index (χ4v) is 3.03. The molecule has 0 atom stereocenters. The van der Waals surface area contributed by atoms with E-state index in [0.717, 1.165) is 17.9 Å². The van der Waals surface area contributed by atoms with E-state index in [0.29, 0.717) is 23.4 Å². The number of aryl methyl sites for hydroxylation is 1. The molecule has 0 radical (unpaired) electrons. The number of hydrogen-bond acceptors (Lipinski definition) is 7. The zero-order valence-electron chi connectivity index (χ0n) is 16.4. The van der Waals surface area contributed by atoms with E-state index in [2.05, 4.69) is 22.4 Å². The first kappa shape index (κ1) is 20.7. The Morgan fingerprint density at radius 2 is 1.69 bits per heavy atom. The Hall–Kier alpha value is -3.00. The lowest BCUT2D eigenvalue weighted by Gasteiger charge is -2.06. The van der Waals surface area contributed by atoms with Gasteiger partial charge >= 0.3 is 0 Å². The van der Waals surface area contributed by atoms with Gasteiger partial charge in [-0.2, -0.15) is 0 Å². The van der Waals surface area contributed by atoms with Crippen LogP contribution in [0.15, 0.2) is 58.2 Å². The summed E-state index contributed by atoms with van der Waals surface area (Å²) in [6.45, 7) is 4.81. The molecule has 1 heterocycles. The van der Waals surface area contributed by atoms with Gasteiger partial charge in [-0.05, 0) is 55.3 Å². The van der Waals surface area contributed by atoms with Crippen LogP contribution in [0, 0.1) is 0 Å². The standard InChI is InChI=1S/C21H23N3O4S/c1-3-15-5-9-18(10-6-15)27-13-20-23-24-21(28-20)29-14-19(25)22-16-7-11-17(12-8-16)26-4-2/h5-12H,3-4,13-14H2,1-2H3,(H,22,25). The monoisotopic (exact) mass is 413 g/mol. The molecule has 0 saturated carbocycles. The van der Waals surface area contributed by atoms with Crippen molar-refractivity contribution in [2.45, 2.75) is 32.1 Å². The van der Waals surface area contributed by atoms with Crippen molar-refractivity contribution in [1.82, 2.24) is 10.2 Å². The highest BCUT2D eigenvalue weighted by Gasteiger charge is 2.11. The maximum atomic E-state index is 12.1. The van der Waals surface area contributed by atoms with Crippen molar-refractivity contribution in [3.05, 3.63) is 60.0 Å². The number of anilines is 1. The Morgan fingerprint density at radius 3 is 2.38 bits per heavy atom. The number of carbonyl (C=O) groups is 1. The van der Waals surface area contributed by atoms with Crippen LogP contribution in [0.2, 0.25) is 0 Å². The van der Waals surface area contributed by atoms with E-state index in [9.17, 15) is 4.79 Å². The third-order valence-electron chi connectivity index (χ3n) is 3.92. The van der Waals surface area contributed by atoms with Gasteiger partial charge in [-0.25, -0.2) is 0 Å². The van der Waals surface area contributed by atoms with E-state index < -0.39 is 0 Å². The molecule has 3 rings (SSSR count). The van der Waals surface area contributed by atoms with Crippen LogP contribution in [-0.4, -0.2) is 28.5 Å². The zero-order valence-corrected chi connectivity index (χ0v) is 17.2. The number of rotatable bonds is 10. The van der Waals surface area contributed by atoms with Crippen molar-refractivity contribution in [2.24, 2.45) is 0 Å². The largest absolute Gasteiger partial charge is 0.494 e. The van der Waals surface area contributed by atoms with Crippen LogP contribution >= 0.6 is 11.8 Å². The molecular formula is C21H23N3O4S. The summed E-state index contributed by atoms with van der Waals surface area (Å²) >= 11 is 1.17. The molecule has 0 fully saturated rings. The quantitative estimate of drug-likeness (QED) is 0.495. The summed E-state index contributed by atoms with van der Waals surface area (Å²) in [5.74, 6) is 1.87. The fourth-order valence-electron chi connectivity index (χ4n) is 2.45. The lowest BCUT2D eigenvalue weighted by molar-refractivity contribution is -0.113. The number of carbonyl (C=O) groups excluding carboxylic acids is 1. The first-order chi connectivity index (χ1) is 14.2. The molecule has 152 valence electrons. The van der Waals surface area contributed by atoms with E-state index in [-0.39, 0.29) is 18.3 Å². The summed E-state index contributed by atoms with van der Waals surface area (Å²) in [4.78, 5) is 12.1. The highest BCUT2D eigenvalue weighted by Crippen LogP contribution is 2.20. The average Bonchev–Trinajstić information content (AvgIpc) is 3.21. The SMILES string of the molecule is CCOc1ccc(NC(=O)CSc2nnc(COc3ccc(CC)cc3)o2)cc1. The van der Waals surface area contributed by atoms with Gasteiger partial charge in [0.15, 0.2) is 6.61 Å². The van der Waals surface area contributed by atoms with Crippen molar-refractivity contribution >= 4 is 23.4 Å². The molecule has 0 unspecified atom stereocenters. The fraction of sp³-hybridized carbons (Fsp3) is 0.286. The van der Waals surface area contributed by atoms with Crippen molar-refractivity contribution in [2.75, 3.05) is 17.7 Å². The minimum absolute atomic E-state index is 0.161. The van der Waals surface area contributed by atoms with Gasteiger partial charge in [0.05, 0.1) is 12.4 Å². The smallest absolute Gasteiger partial charge is 0.277 e. The average molecular weight is 413 g/mol. The molecule has 2 aromatic carbocycles. The van der Waals surface area contributed by atoms with Crippen LogP contribution in [0.5, 0.6) is 11.5 Å². The van der Waals surface area contributed by atoms with Crippen LogP contribution in [-0.2, 0) is 17.8 Å². The van der Waals surface area contributed by atoms with Gasteiger partial charge in [-0.1, -0.05) is 30.8 Å². The van der Waals surface area contributed by atoms with Gasteiger partial charge in [0.1, 0.15) is 11.5 Å². The molecule has 7 nitrogen and oxygen atoms in total. The highest BCUT2D eigenvalue weighted by molar-refractivity contribution is 7.99. The molecule has 1 aromatic heterocycles. The maximum absolute atomic E-state index is 12.1. The Balaban J connectivity index is 1.42. The molecule has 1 amide bonds. The van der Waals surface area contributed by atoms with Gasteiger partial charge < -0.3 is 19.2 Å². The summed E-state index contributed by atoms with van der Waals surface area (Å²) in [7, 11) is 0. The van der Waals surface area contributed by atoms with Gasteiger partial charge in [0.2, 0.25) is 5.91 Å². The van der Waals surface area contributed by atoms with E-state index >= 15 is 0 Å². The second-order valence-electron chi connectivity index (χ2n) is 6.04. The van der Waals surface area contributed by atoms with E-state index in [1.807, 2.05) is 43.3 Å². The molecular weight excluding hydrogens is 390 g/mol. The second-order valence-corrected chi connectivity index (χ2v) is 6.97. The first-order valence-electron chi connectivity index (χ1n) is 9.36. The molecule has 0 aliphatic heterocycles. The molecule has 0 aliphatic carbocycles. The van der Waals surface area contributed by atoms with Crippen LogP contribution < -0.4 is 14.8 Å². The maximum Gasteiger partial charge on any atom is 0.277 e. The van der Waals surface area contributed by atoms with Crippen LogP contribution in [0.25, 0.3) is 0 Å².